The number of benzene rings is 1. The van der Waals surface area contributed by atoms with E-state index >= 15 is 0 Å². The first-order valence-corrected chi connectivity index (χ1v) is 8.55. The normalized spacial score (nSPS) is 11.9. The molecule has 0 aliphatic carbocycles. The maximum atomic E-state index is 12.6. The summed E-state index contributed by atoms with van der Waals surface area (Å²) in [5, 5.41) is 5.12. The molecule has 2 N–H and O–H groups in total. The molecule has 3 amide bonds. The Morgan fingerprint density at radius 1 is 1.29 bits per heavy atom. The molecule has 146 valence electrons. The number of para-hydroxylation sites is 1. The molecule has 2 aromatic heterocycles. The molecule has 3 rings (SSSR count). The predicted molar refractivity (Wildman–Crippen MR) is 98.5 cm³/mol. The summed E-state index contributed by atoms with van der Waals surface area (Å²) in [4.78, 5) is 52.0. The van der Waals surface area contributed by atoms with E-state index in [9.17, 15) is 19.2 Å². The van der Waals surface area contributed by atoms with Crippen LogP contribution in [0.1, 0.15) is 13.8 Å². The molecule has 28 heavy (non-hydrogen) atoms. The number of hydrogen-bond acceptors (Lipinski definition) is 7. The van der Waals surface area contributed by atoms with Gasteiger partial charge in [-0.3, -0.25) is 24.3 Å². The molecular weight excluding hydrogens is 368 g/mol. The molecule has 3 aromatic rings. The molecule has 0 saturated carbocycles. The molecule has 0 fully saturated rings. The van der Waals surface area contributed by atoms with Gasteiger partial charge in [-0.2, -0.15) is 0 Å². The number of esters is 1. The van der Waals surface area contributed by atoms with Crippen LogP contribution in [0.2, 0.25) is 0 Å². The number of aromatic nitrogens is 2. The molecule has 0 saturated heterocycles. The number of ether oxygens (including phenoxy) is 1. The minimum atomic E-state index is -1.21. The second-order valence-corrected chi connectivity index (χ2v) is 5.93. The SMILES string of the molecule is CCNC(=O)NC(=O)C(C)OC(=O)Cn1cnc2c(oc3ccccc32)c1=O. The zero-order chi connectivity index (χ0) is 20.3. The van der Waals surface area contributed by atoms with Crippen LogP contribution in [0.15, 0.2) is 39.8 Å². The summed E-state index contributed by atoms with van der Waals surface area (Å²) in [7, 11) is 0. The molecule has 0 aliphatic rings. The van der Waals surface area contributed by atoms with Gasteiger partial charge in [0, 0.05) is 11.9 Å². The van der Waals surface area contributed by atoms with E-state index in [4.69, 9.17) is 9.15 Å². The molecule has 0 aliphatic heterocycles. The maximum Gasteiger partial charge on any atom is 0.326 e. The summed E-state index contributed by atoms with van der Waals surface area (Å²) in [6.45, 7) is 2.89. The van der Waals surface area contributed by atoms with Crippen molar-refractivity contribution >= 4 is 40.0 Å². The Morgan fingerprint density at radius 3 is 2.79 bits per heavy atom. The van der Waals surface area contributed by atoms with Crippen LogP contribution in [0.4, 0.5) is 4.79 Å². The Morgan fingerprint density at radius 2 is 2.04 bits per heavy atom. The Balaban J connectivity index is 1.72. The number of carbonyl (C=O) groups excluding carboxylic acids is 3. The lowest BCUT2D eigenvalue weighted by Gasteiger charge is -2.13. The first-order valence-electron chi connectivity index (χ1n) is 8.55. The Hall–Kier alpha value is -3.69. The van der Waals surface area contributed by atoms with E-state index in [1.807, 2.05) is 5.32 Å². The van der Waals surface area contributed by atoms with E-state index in [2.05, 4.69) is 10.3 Å². The lowest BCUT2D eigenvalue weighted by molar-refractivity contribution is -0.155. The van der Waals surface area contributed by atoms with Crippen LogP contribution >= 0.6 is 0 Å². The van der Waals surface area contributed by atoms with Crippen LogP contribution in [0.3, 0.4) is 0 Å². The molecule has 0 spiro atoms. The first-order chi connectivity index (χ1) is 13.4. The van der Waals surface area contributed by atoms with Crippen molar-refractivity contribution in [2.75, 3.05) is 6.54 Å². The highest BCUT2D eigenvalue weighted by Gasteiger charge is 2.21. The van der Waals surface area contributed by atoms with Crippen molar-refractivity contribution in [2.24, 2.45) is 0 Å². The van der Waals surface area contributed by atoms with Crippen LogP contribution in [-0.4, -0.2) is 40.1 Å². The molecule has 10 heteroatoms. The fourth-order valence-electron chi connectivity index (χ4n) is 2.57. The molecule has 1 aromatic carbocycles. The number of nitrogens with zero attached hydrogens (tertiary/aromatic N) is 2. The molecule has 1 unspecified atom stereocenters. The monoisotopic (exact) mass is 386 g/mol. The van der Waals surface area contributed by atoms with Gasteiger partial charge in [0.05, 0.1) is 6.33 Å². The number of carbonyl (C=O) groups is 3. The number of fused-ring (bicyclic) bond motifs is 3. The highest BCUT2D eigenvalue weighted by Crippen LogP contribution is 2.23. The predicted octanol–water partition coefficient (Wildman–Crippen LogP) is 0.920. The lowest BCUT2D eigenvalue weighted by Crippen LogP contribution is -2.45. The number of urea groups is 1. The standard InChI is InChI=1S/C18H18N4O6/c1-3-19-18(26)21-16(24)10(2)27-13(23)8-22-9-20-14-11-6-4-5-7-12(11)28-15(14)17(22)25/h4-7,9-10H,3,8H2,1-2H3,(H2,19,21,24,26). The van der Waals surface area contributed by atoms with E-state index in [0.717, 1.165) is 4.57 Å². The lowest BCUT2D eigenvalue weighted by atomic mass is 10.2. The van der Waals surface area contributed by atoms with Crippen LogP contribution in [0.5, 0.6) is 0 Å². The van der Waals surface area contributed by atoms with Gasteiger partial charge in [-0.1, -0.05) is 12.1 Å². The van der Waals surface area contributed by atoms with Gasteiger partial charge in [-0.05, 0) is 26.0 Å². The van der Waals surface area contributed by atoms with Crippen LogP contribution in [0.25, 0.3) is 22.1 Å². The van der Waals surface area contributed by atoms with Gasteiger partial charge in [0.2, 0.25) is 5.58 Å². The number of rotatable bonds is 5. The first kappa shape index (κ1) is 19.1. The fourth-order valence-corrected chi connectivity index (χ4v) is 2.57. The zero-order valence-corrected chi connectivity index (χ0v) is 15.2. The van der Waals surface area contributed by atoms with Gasteiger partial charge in [0.1, 0.15) is 17.6 Å². The highest BCUT2D eigenvalue weighted by molar-refractivity contribution is 6.01. The number of hydrogen-bond donors (Lipinski definition) is 2. The van der Waals surface area contributed by atoms with E-state index in [-0.39, 0.29) is 5.58 Å². The average molecular weight is 386 g/mol. The zero-order valence-electron chi connectivity index (χ0n) is 15.2. The van der Waals surface area contributed by atoms with E-state index in [1.54, 1.807) is 31.2 Å². The summed E-state index contributed by atoms with van der Waals surface area (Å²) >= 11 is 0. The third kappa shape index (κ3) is 3.85. The number of nitrogens with one attached hydrogen (secondary N) is 2. The Kier molecular flexibility index (Phi) is 5.39. The van der Waals surface area contributed by atoms with Crippen molar-refractivity contribution in [1.29, 1.82) is 0 Å². The van der Waals surface area contributed by atoms with Gasteiger partial charge in [-0.15, -0.1) is 0 Å². The van der Waals surface area contributed by atoms with E-state index in [0.29, 0.717) is 23.0 Å². The number of imide groups is 1. The average Bonchev–Trinajstić information content (AvgIpc) is 3.03. The van der Waals surface area contributed by atoms with Crippen molar-refractivity contribution in [3.05, 3.63) is 40.9 Å². The third-order valence-electron chi connectivity index (χ3n) is 3.90. The second-order valence-electron chi connectivity index (χ2n) is 5.93. The van der Waals surface area contributed by atoms with Crippen molar-refractivity contribution in [3.63, 3.8) is 0 Å². The summed E-state index contributed by atoms with van der Waals surface area (Å²) in [5.41, 5.74) is 0.397. The van der Waals surface area contributed by atoms with E-state index in [1.165, 1.54) is 13.3 Å². The van der Waals surface area contributed by atoms with Crippen molar-refractivity contribution < 1.29 is 23.5 Å². The summed E-state index contributed by atoms with van der Waals surface area (Å²) in [6, 6.07) is 6.37. The molecule has 2 heterocycles. The van der Waals surface area contributed by atoms with Gasteiger partial charge in [0.25, 0.3) is 11.5 Å². The highest BCUT2D eigenvalue weighted by atomic mass is 16.5. The van der Waals surface area contributed by atoms with Gasteiger partial charge in [0.15, 0.2) is 6.10 Å². The minimum absolute atomic E-state index is 0.0264. The van der Waals surface area contributed by atoms with Gasteiger partial charge < -0.3 is 14.5 Å². The van der Waals surface area contributed by atoms with Crippen LogP contribution in [-0.2, 0) is 20.9 Å². The molecule has 0 radical (unpaired) electrons. The Labute approximate surface area is 158 Å². The maximum absolute atomic E-state index is 12.6. The molecule has 0 bridgehead atoms. The van der Waals surface area contributed by atoms with E-state index < -0.39 is 36.1 Å². The number of furan rings is 1. The third-order valence-corrected chi connectivity index (χ3v) is 3.90. The largest absolute Gasteiger partial charge is 0.451 e. The molecule has 1 atom stereocenters. The fraction of sp³-hybridized carbons (Fsp3) is 0.278. The quantitative estimate of drug-likeness (QED) is 0.623. The smallest absolute Gasteiger partial charge is 0.326 e. The van der Waals surface area contributed by atoms with Crippen molar-refractivity contribution in [1.82, 2.24) is 20.2 Å². The second kappa shape index (κ2) is 7.91. The Bertz CT molecular complexity index is 1120. The topological polar surface area (TPSA) is 133 Å². The summed E-state index contributed by atoms with van der Waals surface area (Å²) < 4.78 is 11.5. The van der Waals surface area contributed by atoms with Gasteiger partial charge >= 0.3 is 12.0 Å². The minimum Gasteiger partial charge on any atom is -0.451 e. The number of amides is 3. The molecule has 10 nitrogen and oxygen atoms in total. The summed E-state index contributed by atoms with van der Waals surface area (Å²) in [5.74, 6) is -1.62. The van der Waals surface area contributed by atoms with Gasteiger partial charge in [-0.25, -0.2) is 9.78 Å². The molecular formula is C18H18N4O6. The van der Waals surface area contributed by atoms with Crippen LogP contribution < -0.4 is 16.2 Å². The summed E-state index contributed by atoms with van der Waals surface area (Å²) in [6.07, 6.45) is 0.00143. The van der Waals surface area contributed by atoms with Crippen LogP contribution in [0, 0.1) is 0 Å². The van der Waals surface area contributed by atoms with Crippen molar-refractivity contribution in [3.8, 4) is 0 Å². The van der Waals surface area contributed by atoms with Crippen molar-refractivity contribution in [2.45, 2.75) is 26.5 Å².